The second-order valence-corrected chi connectivity index (χ2v) is 5.06. The zero-order valence-electron chi connectivity index (χ0n) is 12.1. The highest BCUT2D eigenvalue weighted by atomic mass is 19.4. The molecule has 0 aliphatic rings. The number of hydrogen-bond acceptors (Lipinski definition) is 2. The normalized spacial score (nSPS) is 13.0. The van der Waals surface area contributed by atoms with Crippen molar-refractivity contribution >= 4 is 5.91 Å². The minimum Gasteiger partial charge on any atom is -0.330 e. The lowest BCUT2D eigenvalue weighted by Crippen LogP contribution is -2.39. The van der Waals surface area contributed by atoms with Crippen LogP contribution < -0.4 is 5.73 Å². The molecule has 1 amide bonds. The van der Waals surface area contributed by atoms with Crippen molar-refractivity contribution in [2.45, 2.75) is 32.5 Å². The van der Waals surface area contributed by atoms with E-state index in [9.17, 15) is 18.0 Å². The Labute approximate surface area is 122 Å². The van der Waals surface area contributed by atoms with E-state index in [1.807, 2.05) is 6.92 Å². The minimum atomic E-state index is -4.41. The quantitative estimate of drug-likeness (QED) is 0.841. The van der Waals surface area contributed by atoms with E-state index in [-0.39, 0.29) is 18.9 Å². The third-order valence-electron chi connectivity index (χ3n) is 3.31. The number of benzene rings is 1. The zero-order chi connectivity index (χ0) is 15.9. The van der Waals surface area contributed by atoms with Crippen LogP contribution in [0.25, 0.3) is 0 Å². The molecule has 0 fully saturated rings. The van der Waals surface area contributed by atoms with E-state index in [0.717, 1.165) is 4.90 Å². The molecule has 0 saturated heterocycles. The summed E-state index contributed by atoms with van der Waals surface area (Å²) in [4.78, 5) is 13.0. The van der Waals surface area contributed by atoms with Gasteiger partial charge in [0, 0.05) is 13.0 Å². The van der Waals surface area contributed by atoms with Gasteiger partial charge in [0.05, 0.1) is 0 Å². The van der Waals surface area contributed by atoms with Gasteiger partial charge < -0.3 is 10.6 Å². The van der Waals surface area contributed by atoms with Gasteiger partial charge in [0.25, 0.3) is 0 Å². The van der Waals surface area contributed by atoms with Gasteiger partial charge in [-0.05, 0) is 18.0 Å². The van der Waals surface area contributed by atoms with Crippen molar-refractivity contribution in [1.82, 2.24) is 4.90 Å². The maximum Gasteiger partial charge on any atom is 0.406 e. The van der Waals surface area contributed by atoms with Crippen LogP contribution in [0.15, 0.2) is 30.3 Å². The number of nitrogens with two attached hydrogens (primary N) is 1. The van der Waals surface area contributed by atoms with Crippen LogP contribution in [-0.4, -0.2) is 30.1 Å². The Balaban J connectivity index is 2.79. The van der Waals surface area contributed by atoms with Crippen LogP contribution >= 0.6 is 0 Å². The summed E-state index contributed by atoms with van der Waals surface area (Å²) in [5, 5.41) is 0. The van der Waals surface area contributed by atoms with Crippen LogP contribution in [0.5, 0.6) is 0 Å². The molecule has 1 unspecified atom stereocenters. The molecule has 0 aliphatic carbocycles. The van der Waals surface area contributed by atoms with Gasteiger partial charge in [-0.25, -0.2) is 0 Å². The average Bonchev–Trinajstić information content (AvgIpc) is 2.43. The van der Waals surface area contributed by atoms with E-state index >= 15 is 0 Å². The number of hydrogen-bond donors (Lipinski definition) is 1. The topological polar surface area (TPSA) is 46.3 Å². The summed E-state index contributed by atoms with van der Waals surface area (Å²) in [6.07, 6.45) is -3.68. The number of amides is 1. The monoisotopic (exact) mass is 302 g/mol. The van der Waals surface area contributed by atoms with Gasteiger partial charge in [0.2, 0.25) is 5.91 Å². The van der Waals surface area contributed by atoms with Crippen LogP contribution in [0.1, 0.15) is 25.3 Å². The Morgan fingerprint density at radius 3 is 2.38 bits per heavy atom. The summed E-state index contributed by atoms with van der Waals surface area (Å²) in [5.41, 5.74) is 6.20. The fourth-order valence-corrected chi connectivity index (χ4v) is 2.02. The van der Waals surface area contributed by atoms with Crippen molar-refractivity contribution in [3.8, 4) is 0 Å². The second-order valence-electron chi connectivity index (χ2n) is 5.06. The van der Waals surface area contributed by atoms with E-state index in [1.165, 1.54) is 0 Å². The molecule has 0 heterocycles. The number of rotatable bonds is 7. The molecule has 0 spiro atoms. The molecule has 1 rings (SSSR count). The largest absolute Gasteiger partial charge is 0.406 e. The fourth-order valence-electron chi connectivity index (χ4n) is 2.02. The molecule has 6 heteroatoms. The summed E-state index contributed by atoms with van der Waals surface area (Å²) in [6.45, 7) is 0.894. The first-order chi connectivity index (χ1) is 9.85. The average molecular weight is 302 g/mol. The summed E-state index contributed by atoms with van der Waals surface area (Å²) < 4.78 is 38.0. The molecule has 1 aromatic rings. The van der Waals surface area contributed by atoms with Crippen molar-refractivity contribution in [1.29, 1.82) is 0 Å². The predicted molar refractivity (Wildman–Crippen MR) is 75.4 cm³/mol. The molecule has 0 aliphatic heterocycles. The number of halogens is 3. The van der Waals surface area contributed by atoms with Crippen molar-refractivity contribution in [3.05, 3.63) is 35.9 Å². The fraction of sp³-hybridized carbons (Fsp3) is 0.533. The molecule has 2 N–H and O–H groups in total. The highest BCUT2D eigenvalue weighted by Gasteiger charge is 2.33. The van der Waals surface area contributed by atoms with E-state index < -0.39 is 18.6 Å². The smallest absolute Gasteiger partial charge is 0.330 e. The van der Waals surface area contributed by atoms with E-state index in [1.54, 1.807) is 30.3 Å². The van der Waals surface area contributed by atoms with Crippen LogP contribution in [-0.2, 0) is 11.3 Å². The standard InChI is InChI=1S/C15H21F3N2O/c1-2-12(9-19)8-14(21)20(11-15(16,17)18)10-13-6-4-3-5-7-13/h3-7,12H,2,8-11,19H2,1H3. The van der Waals surface area contributed by atoms with Gasteiger partial charge in [-0.15, -0.1) is 0 Å². The highest BCUT2D eigenvalue weighted by molar-refractivity contribution is 5.76. The summed E-state index contributed by atoms with van der Waals surface area (Å²) in [5.74, 6) is -0.586. The molecule has 21 heavy (non-hydrogen) atoms. The van der Waals surface area contributed by atoms with Gasteiger partial charge in [-0.1, -0.05) is 43.7 Å². The first-order valence-corrected chi connectivity index (χ1v) is 6.94. The third kappa shape index (κ3) is 6.62. The lowest BCUT2D eigenvalue weighted by Gasteiger charge is -2.25. The van der Waals surface area contributed by atoms with Gasteiger partial charge in [0.1, 0.15) is 6.54 Å². The Morgan fingerprint density at radius 1 is 1.29 bits per heavy atom. The first kappa shape index (κ1) is 17.5. The van der Waals surface area contributed by atoms with Crippen LogP contribution in [0.2, 0.25) is 0 Å². The summed E-state index contributed by atoms with van der Waals surface area (Å²) >= 11 is 0. The maximum atomic E-state index is 12.7. The van der Waals surface area contributed by atoms with E-state index in [2.05, 4.69) is 0 Å². The summed E-state index contributed by atoms with van der Waals surface area (Å²) in [7, 11) is 0. The molecule has 3 nitrogen and oxygen atoms in total. The molecule has 1 atom stereocenters. The minimum absolute atomic E-state index is 0.0415. The summed E-state index contributed by atoms with van der Waals surface area (Å²) in [6, 6.07) is 8.66. The third-order valence-corrected chi connectivity index (χ3v) is 3.31. The molecular formula is C15H21F3N2O. The molecule has 0 radical (unpaired) electrons. The molecule has 0 bridgehead atoms. The molecule has 118 valence electrons. The lowest BCUT2D eigenvalue weighted by atomic mass is 10.0. The van der Waals surface area contributed by atoms with Crippen molar-refractivity contribution in [2.24, 2.45) is 11.7 Å². The predicted octanol–water partition coefficient (Wildman–Crippen LogP) is 2.95. The number of alkyl halides is 3. The number of carbonyl (C=O) groups is 1. The highest BCUT2D eigenvalue weighted by Crippen LogP contribution is 2.20. The maximum absolute atomic E-state index is 12.7. The van der Waals surface area contributed by atoms with Crippen LogP contribution in [0.3, 0.4) is 0 Å². The Hall–Kier alpha value is -1.56. The molecule has 0 saturated carbocycles. The van der Waals surface area contributed by atoms with Gasteiger partial charge >= 0.3 is 6.18 Å². The van der Waals surface area contributed by atoms with Gasteiger partial charge in [-0.3, -0.25) is 4.79 Å². The van der Waals surface area contributed by atoms with E-state index in [0.29, 0.717) is 18.5 Å². The second kappa shape index (κ2) is 8.02. The molecule has 0 aromatic heterocycles. The van der Waals surface area contributed by atoms with E-state index in [4.69, 9.17) is 5.73 Å². The van der Waals surface area contributed by atoms with Gasteiger partial charge in [0.15, 0.2) is 0 Å². The zero-order valence-corrected chi connectivity index (χ0v) is 12.1. The lowest BCUT2D eigenvalue weighted by molar-refractivity contribution is -0.163. The molecule has 1 aromatic carbocycles. The van der Waals surface area contributed by atoms with Crippen LogP contribution in [0, 0.1) is 5.92 Å². The van der Waals surface area contributed by atoms with Crippen molar-refractivity contribution in [3.63, 3.8) is 0 Å². The van der Waals surface area contributed by atoms with Crippen molar-refractivity contribution in [2.75, 3.05) is 13.1 Å². The SMILES string of the molecule is CCC(CN)CC(=O)N(Cc1ccccc1)CC(F)(F)F. The first-order valence-electron chi connectivity index (χ1n) is 6.94. The van der Waals surface area contributed by atoms with Crippen LogP contribution in [0.4, 0.5) is 13.2 Å². The Kier molecular flexibility index (Phi) is 6.68. The Morgan fingerprint density at radius 2 is 1.90 bits per heavy atom. The van der Waals surface area contributed by atoms with Gasteiger partial charge in [-0.2, -0.15) is 13.2 Å². The number of carbonyl (C=O) groups excluding carboxylic acids is 1. The number of nitrogens with zero attached hydrogens (tertiary/aromatic N) is 1. The Bertz CT molecular complexity index is 430. The van der Waals surface area contributed by atoms with Crippen molar-refractivity contribution < 1.29 is 18.0 Å². The molecular weight excluding hydrogens is 281 g/mol.